The fraction of sp³-hybridized carbons (Fsp3) is 0.600. The molecule has 1 N–H and O–H groups in total. The summed E-state index contributed by atoms with van der Waals surface area (Å²) in [5, 5.41) is 14.2. The van der Waals surface area contributed by atoms with Gasteiger partial charge < -0.3 is 10.1 Å². The molecule has 2 aliphatic rings. The zero-order valence-electron chi connectivity index (χ0n) is 13.5. The van der Waals surface area contributed by atoms with E-state index in [0.717, 1.165) is 18.9 Å². The maximum Gasteiger partial charge on any atom is 0.270 e. The van der Waals surface area contributed by atoms with E-state index >= 15 is 0 Å². The van der Waals surface area contributed by atoms with Gasteiger partial charge in [0.05, 0.1) is 23.8 Å². The summed E-state index contributed by atoms with van der Waals surface area (Å²) in [6, 6.07) is 3.95. The number of hydrogen-bond donors (Lipinski definition) is 1. The summed E-state index contributed by atoms with van der Waals surface area (Å²) in [5.74, 6) is 0. The van der Waals surface area contributed by atoms with Gasteiger partial charge in [0.2, 0.25) is 10.0 Å². The Kier molecular flexibility index (Phi) is 4.50. The van der Waals surface area contributed by atoms with Crippen LogP contribution in [-0.2, 0) is 14.8 Å². The van der Waals surface area contributed by atoms with Crippen molar-refractivity contribution in [3.05, 3.63) is 28.3 Å². The van der Waals surface area contributed by atoms with Crippen LogP contribution in [0.15, 0.2) is 23.1 Å². The van der Waals surface area contributed by atoms with E-state index < -0.39 is 14.9 Å². The first-order chi connectivity index (χ1) is 11.3. The van der Waals surface area contributed by atoms with Crippen LogP contribution >= 0.6 is 0 Å². The van der Waals surface area contributed by atoms with Crippen molar-refractivity contribution in [1.82, 2.24) is 4.31 Å². The Balaban J connectivity index is 1.93. The third-order valence-corrected chi connectivity index (χ3v) is 6.40. The molecule has 1 aromatic rings. The van der Waals surface area contributed by atoms with E-state index in [4.69, 9.17) is 4.74 Å². The number of anilines is 1. The average Bonchev–Trinajstić information content (AvgIpc) is 3.06. The Morgan fingerprint density at radius 2 is 2.00 bits per heavy atom. The van der Waals surface area contributed by atoms with Gasteiger partial charge in [-0.25, -0.2) is 8.42 Å². The van der Waals surface area contributed by atoms with Crippen molar-refractivity contribution >= 4 is 21.4 Å². The Morgan fingerprint density at radius 3 is 2.54 bits per heavy atom. The molecule has 2 aliphatic heterocycles. The molecule has 0 atom stereocenters. The first-order valence-electron chi connectivity index (χ1n) is 7.92. The first-order valence-corrected chi connectivity index (χ1v) is 9.36. The number of nitro groups is 1. The minimum Gasteiger partial charge on any atom is -0.383 e. The van der Waals surface area contributed by atoms with Crippen molar-refractivity contribution in [2.45, 2.75) is 24.7 Å². The van der Waals surface area contributed by atoms with Gasteiger partial charge in [0.25, 0.3) is 5.69 Å². The summed E-state index contributed by atoms with van der Waals surface area (Å²) in [4.78, 5) is 10.4. The van der Waals surface area contributed by atoms with Crippen LogP contribution in [0.1, 0.15) is 19.8 Å². The van der Waals surface area contributed by atoms with E-state index in [9.17, 15) is 18.5 Å². The van der Waals surface area contributed by atoms with Crippen LogP contribution in [0.5, 0.6) is 0 Å². The molecule has 0 radical (unpaired) electrons. The third-order valence-electron chi connectivity index (χ3n) is 4.47. The van der Waals surface area contributed by atoms with Gasteiger partial charge in [-0.3, -0.25) is 10.1 Å². The molecule has 9 heteroatoms. The lowest BCUT2D eigenvalue weighted by atomic mass is 9.89. The fourth-order valence-electron chi connectivity index (χ4n) is 2.91. The Bertz CT molecular complexity index is 739. The summed E-state index contributed by atoms with van der Waals surface area (Å²) < 4.78 is 32.3. The second-order valence-corrected chi connectivity index (χ2v) is 8.61. The lowest BCUT2D eigenvalue weighted by Crippen LogP contribution is -2.45. The van der Waals surface area contributed by atoms with E-state index in [-0.39, 0.29) is 16.0 Å². The van der Waals surface area contributed by atoms with Crippen molar-refractivity contribution in [3.8, 4) is 0 Å². The number of nitrogens with zero attached hydrogens (tertiary/aromatic N) is 2. The molecule has 2 saturated heterocycles. The van der Waals surface area contributed by atoms with Crippen LogP contribution in [-0.4, -0.2) is 50.5 Å². The number of nitrogens with one attached hydrogen (secondary N) is 1. The van der Waals surface area contributed by atoms with Crippen LogP contribution in [0.4, 0.5) is 11.4 Å². The van der Waals surface area contributed by atoms with Crippen LogP contribution in [0, 0.1) is 15.5 Å². The molecule has 3 rings (SSSR count). The normalized spacial score (nSPS) is 20.5. The van der Waals surface area contributed by atoms with Crippen LogP contribution in [0.2, 0.25) is 0 Å². The monoisotopic (exact) mass is 355 g/mol. The molecular weight excluding hydrogens is 334 g/mol. The van der Waals surface area contributed by atoms with Gasteiger partial charge in [0.1, 0.15) is 4.90 Å². The maximum absolute atomic E-state index is 12.9. The van der Waals surface area contributed by atoms with Gasteiger partial charge in [-0.15, -0.1) is 0 Å². The molecule has 24 heavy (non-hydrogen) atoms. The van der Waals surface area contributed by atoms with Crippen LogP contribution in [0.25, 0.3) is 0 Å². The Morgan fingerprint density at radius 1 is 1.33 bits per heavy atom. The van der Waals surface area contributed by atoms with Gasteiger partial charge in [0.15, 0.2) is 0 Å². The molecule has 8 nitrogen and oxygen atoms in total. The topological polar surface area (TPSA) is 102 Å². The molecule has 0 aliphatic carbocycles. The predicted octanol–water partition coefficient (Wildman–Crippen LogP) is 1.83. The van der Waals surface area contributed by atoms with Crippen molar-refractivity contribution in [2.75, 3.05) is 38.2 Å². The first kappa shape index (κ1) is 17.1. The molecular formula is C15H21N3O5S. The molecule has 0 bridgehead atoms. The number of hydrogen-bond acceptors (Lipinski definition) is 6. The van der Waals surface area contributed by atoms with Gasteiger partial charge in [-0.05, 0) is 18.9 Å². The summed E-state index contributed by atoms with van der Waals surface area (Å²) in [6.45, 7) is 4.73. The highest BCUT2D eigenvalue weighted by atomic mass is 32.2. The molecule has 0 unspecified atom stereocenters. The van der Waals surface area contributed by atoms with Crippen LogP contribution in [0.3, 0.4) is 0 Å². The van der Waals surface area contributed by atoms with Gasteiger partial charge in [0, 0.05) is 37.2 Å². The van der Waals surface area contributed by atoms with E-state index in [2.05, 4.69) is 5.32 Å². The standard InChI is InChI=1S/C15H21N3O5S/c1-15(10-23-11-15)9-16-13-5-4-12(18(19)20)8-14(13)24(21,22)17-6-2-3-7-17/h4-5,8,16H,2-3,6-7,9-11H2,1H3. The lowest BCUT2D eigenvalue weighted by molar-refractivity contribution is -0.385. The van der Waals surface area contributed by atoms with Gasteiger partial charge in [-0.1, -0.05) is 6.92 Å². The summed E-state index contributed by atoms with van der Waals surface area (Å²) in [5.41, 5.74) is 0.133. The molecule has 2 fully saturated rings. The molecule has 1 aromatic carbocycles. The summed E-state index contributed by atoms with van der Waals surface area (Å²) in [7, 11) is -3.75. The highest BCUT2D eigenvalue weighted by Gasteiger charge is 2.35. The number of non-ortho nitro benzene ring substituents is 1. The zero-order chi connectivity index (χ0) is 17.4. The molecule has 0 spiro atoms. The van der Waals surface area contributed by atoms with E-state index in [1.807, 2.05) is 6.92 Å². The smallest absolute Gasteiger partial charge is 0.270 e. The Labute approximate surface area is 141 Å². The minimum absolute atomic E-state index is 0.0255. The number of sulfonamides is 1. The highest BCUT2D eigenvalue weighted by molar-refractivity contribution is 7.89. The largest absolute Gasteiger partial charge is 0.383 e. The molecule has 0 amide bonds. The summed E-state index contributed by atoms with van der Waals surface area (Å²) >= 11 is 0. The summed E-state index contributed by atoms with van der Waals surface area (Å²) in [6.07, 6.45) is 1.62. The quantitative estimate of drug-likeness (QED) is 0.617. The second-order valence-electron chi connectivity index (χ2n) is 6.71. The van der Waals surface area contributed by atoms with Gasteiger partial charge in [-0.2, -0.15) is 4.31 Å². The van der Waals surface area contributed by atoms with E-state index in [1.54, 1.807) is 0 Å². The van der Waals surface area contributed by atoms with E-state index in [0.29, 0.717) is 38.5 Å². The fourth-order valence-corrected chi connectivity index (χ4v) is 4.62. The molecule has 2 heterocycles. The van der Waals surface area contributed by atoms with Crippen molar-refractivity contribution in [1.29, 1.82) is 0 Å². The number of rotatable bonds is 6. The van der Waals surface area contributed by atoms with Crippen molar-refractivity contribution < 1.29 is 18.1 Å². The van der Waals surface area contributed by atoms with Crippen molar-refractivity contribution in [2.24, 2.45) is 5.41 Å². The SMILES string of the molecule is CC1(CNc2ccc([N+](=O)[O-])cc2S(=O)(=O)N2CCCC2)COC1. The molecule has 0 saturated carbocycles. The zero-order valence-corrected chi connectivity index (χ0v) is 14.3. The van der Waals surface area contributed by atoms with Gasteiger partial charge >= 0.3 is 0 Å². The highest BCUT2D eigenvalue weighted by Crippen LogP contribution is 2.33. The molecule has 132 valence electrons. The second kappa shape index (κ2) is 6.30. The van der Waals surface area contributed by atoms with Crippen LogP contribution < -0.4 is 5.32 Å². The maximum atomic E-state index is 12.9. The van der Waals surface area contributed by atoms with E-state index in [1.165, 1.54) is 16.4 Å². The number of benzene rings is 1. The molecule has 0 aromatic heterocycles. The number of nitro benzene ring substituents is 1. The minimum atomic E-state index is -3.75. The third kappa shape index (κ3) is 3.24. The predicted molar refractivity (Wildman–Crippen MR) is 88.5 cm³/mol. The van der Waals surface area contributed by atoms with Crippen molar-refractivity contribution in [3.63, 3.8) is 0 Å². The number of ether oxygens (including phenoxy) is 1. The lowest BCUT2D eigenvalue weighted by Gasteiger charge is -2.38. The Hall–Kier alpha value is -1.71. The average molecular weight is 355 g/mol.